The first-order valence-electron chi connectivity index (χ1n) is 30.2. The summed E-state index contributed by atoms with van der Waals surface area (Å²) in [6, 6.07) is 0. The van der Waals surface area contributed by atoms with Crippen molar-refractivity contribution in [3.8, 4) is 0 Å². The number of rotatable bonds is 56. The minimum absolute atomic E-state index is 0.0682. The second kappa shape index (κ2) is 56.7. The van der Waals surface area contributed by atoms with Crippen molar-refractivity contribution in [2.45, 2.75) is 348 Å². The topological polar surface area (TPSA) is 78.9 Å². The molecule has 6 heteroatoms. The molecule has 0 saturated carbocycles. The molecule has 396 valence electrons. The average Bonchev–Trinajstić information content (AvgIpc) is 3.33. The number of allylic oxidation sites excluding steroid dienone is 2. The van der Waals surface area contributed by atoms with Crippen molar-refractivity contribution in [3.05, 3.63) is 12.2 Å². The van der Waals surface area contributed by atoms with E-state index in [1.54, 1.807) is 0 Å². The summed E-state index contributed by atoms with van der Waals surface area (Å²) in [6.45, 7) is 6.62. The maximum Gasteiger partial charge on any atom is 0.306 e. The first-order valence-corrected chi connectivity index (χ1v) is 30.2. The molecular weight excluding hydrogens is 829 g/mol. The quantitative estimate of drug-likeness (QED) is 0.0262. The van der Waals surface area contributed by atoms with Crippen LogP contribution in [0.4, 0.5) is 0 Å². The normalized spacial score (nSPS) is 12.0. The van der Waals surface area contributed by atoms with Crippen LogP contribution in [-0.2, 0) is 28.6 Å². The van der Waals surface area contributed by atoms with E-state index in [0.717, 1.165) is 64.2 Å². The summed E-state index contributed by atoms with van der Waals surface area (Å²) in [7, 11) is 0. The van der Waals surface area contributed by atoms with Gasteiger partial charge in [0.25, 0.3) is 0 Å². The Kier molecular flexibility index (Phi) is 55.2. The minimum atomic E-state index is -0.767. The Morgan fingerprint density at radius 3 is 0.791 bits per heavy atom. The number of esters is 3. The second-order valence-corrected chi connectivity index (χ2v) is 20.6. The maximum atomic E-state index is 12.8. The molecule has 1 atom stereocenters. The summed E-state index contributed by atoms with van der Waals surface area (Å²) in [5.41, 5.74) is 0. The highest BCUT2D eigenvalue weighted by molar-refractivity contribution is 5.71. The third-order valence-corrected chi connectivity index (χ3v) is 13.8. The lowest BCUT2D eigenvalue weighted by Crippen LogP contribution is -2.30. The predicted octanol–water partition coefficient (Wildman–Crippen LogP) is 20.1. The van der Waals surface area contributed by atoms with E-state index in [0.29, 0.717) is 19.3 Å². The molecule has 0 spiro atoms. The average molecular weight is 946 g/mol. The van der Waals surface area contributed by atoms with E-state index in [9.17, 15) is 14.4 Å². The SMILES string of the molecule is CCCC/C=C\CCCCCCCC(=O)OC(COC(=O)CCCCCCCCCCC)COC(=O)CCCCCCCCCCCCCCCCCCCCCCCCCCCCCCC. The van der Waals surface area contributed by atoms with Gasteiger partial charge in [0.15, 0.2) is 6.10 Å². The number of carbonyl (C=O) groups excluding carboxylic acids is 3. The van der Waals surface area contributed by atoms with Crippen molar-refractivity contribution in [2.24, 2.45) is 0 Å². The van der Waals surface area contributed by atoms with Gasteiger partial charge in [0.2, 0.25) is 0 Å². The molecule has 0 rings (SSSR count). The zero-order valence-corrected chi connectivity index (χ0v) is 45.5. The molecule has 0 fully saturated rings. The molecule has 0 aliphatic carbocycles. The molecule has 0 radical (unpaired) electrons. The van der Waals surface area contributed by atoms with E-state index in [-0.39, 0.29) is 31.1 Å². The molecule has 0 aliphatic rings. The van der Waals surface area contributed by atoms with Crippen LogP contribution in [0.3, 0.4) is 0 Å². The van der Waals surface area contributed by atoms with Crippen LogP contribution in [-0.4, -0.2) is 37.2 Å². The molecule has 1 unspecified atom stereocenters. The summed E-state index contributed by atoms with van der Waals surface area (Å²) in [6.07, 6.45) is 65.4. The third kappa shape index (κ3) is 55.0. The van der Waals surface area contributed by atoms with Crippen LogP contribution in [0, 0.1) is 0 Å². The lowest BCUT2D eigenvalue weighted by Gasteiger charge is -2.18. The molecule has 0 amide bonds. The Balaban J connectivity index is 3.98. The Bertz CT molecular complexity index is 1040. The standard InChI is InChI=1S/C61H116O6/c1-4-7-10-13-16-19-21-22-23-24-25-26-27-28-29-30-31-32-33-34-35-36-37-38-40-42-45-48-51-54-60(63)66-57-58(56-65-59(62)53-50-47-44-41-18-15-12-9-6-3)67-61(64)55-52-49-46-43-39-20-17-14-11-8-5-2/h14,17,58H,4-13,15-16,18-57H2,1-3H3/b17-14-. The van der Waals surface area contributed by atoms with E-state index in [4.69, 9.17) is 14.2 Å². The van der Waals surface area contributed by atoms with Crippen LogP contribution < -0.4 is 0 Å². The first kappa shape index (κ1) is 65.1. The van der Waals surface area contributed by atoms with Crippen molar-refractivity contribution < 1.29 is 28.6 Å². The number of carbonyl (C=O) groups is 3. The summed E-state index contributed by atoms with van der Waals surface area (Å²) in [5.74, 6) is -0.861. The van der Waals surface area contributed by atoms with Crippen molar-refractivity contribution >= 4 is 17.9 Å². The van der Waals surface area contributed by atoms with Crippen LogP contribution >= 0.6 is 0 Å². The fraction of sp³-hybridized carbons (Fsp3) is 0.918. The Morgan fingerprint density at radius 1 is 0.284 bits per heavy atom. The lowest BCUT2D eigenvalue weighted by atomic mass is 10.0. The van der Waals surface area contributed by atoms with E-state index in [1.807, 2.05) is 0 Å². The Labute approximate surface area is 418 Å². The van der Waals surface area contributed by atoms with Crippen LogP contribution in [0.25, 0.3) is 0 Å². The van der Waals surface area contributed by atoms with Gasteiger partial charge < -0.3 is 14.2 Å². The van der Waals surface area contributed by atoms with Crippen LogP contribution in [0.2, 0.25) is 0 Å². The lowest BCUT2D eigenvalue weighted by molar-refractivity contribution is -0.167. The molecule has 0 aromatic carbocycles. The van der Waals surface area contributed by atoms with Gasteiger partial charge in [-0.3, -0.25) is 14.4 Å². The first-order chi connectivity index (χ1) is 33.0. The number of hydrogen-bond acceptors (Lipinski definition) is 6. The van der Waals surface area contributed by atoms with Crippen LogP contribution in [0.5, 0.6) is 0 Å². The molecule has 67 heavy (non-hydrogen) atoms. The van der Waals surface area contributed by atoms with E-state index < -0.39 is 6.10 Å². The molecule has 0 aromatic rings. The summed E-state index contributed by atoms with van der Waals surface area (Å²) in [4.78, 5) is 37.9. The number of hydrogen-bond donors (Lipinski definition) is 0. The van der Waals surface area contributed by atoms with Crippen molar-refractivity contribution in [2.75, 3.05) is 13.2 Å². The second-order valence-electron chi connectivity index (χ2n) is 20.6. The smallest absolute Gasteiger partial charge is 0.306 e. The van der Waals surface area contributed by atoms with Crippen LogP contribution in [0.1, 0.15) is 342 Å². The fourth-order valence-corrected chi connectivity index (χ4v) is 9.19. The number of unbranched alkanes of at least 4 members (excludes halogenated alkanes) is 43. The zero-order valence-electron chi connectivity index (χ0n) is 45.5. The van der Waals surface area contributed by atoms with Crippen LogP contribution in [0.15, 0.2) is 12.2 Å². The molecule has 0 heterocycles. The van der Waals surface area contributed by atoms with E-state index in [1.165, 1.54) is 238 Å². The zero-order chi connectivity index (χ0) is 48.6. The summed E-state index contributed by atoms with van der Waals surface area (Å²) < 4.78 is 16.8. The minimum Gasteiger partial charge on any atom is -0.462 e. The highest BCUT2D eigenvalue weighted by Crippen LogP contribution is 2.18. The molecule has 0 aromatic heterocycles. The molecular formula is C61H116O6. The van der Waals surface area contributed by atoms with Gasteiger partial charge in [-0.2, -0.15) is 0 Å². The molecule has 0 N–H and O–H groups in total. The highest BCUT2D eigenvalue weighted by Gasteiger charge is 2.19. The summed E-state index contributed by atoms with van der Waals surface area (Å²) >= 11 is 0. The monoisotopic (exact) mass is 945 g/mol. The van der Waals surface area contributed by atoms with Gasteiger partial charge in [-0.1, -0.05) is 296 Å². The maximum absolute atomic E-state index is 12.8. The van der Waals surface area contributed by atoms with E-state index in [2.05, 4.69) is 32.9 Å². The molecule has 0 bridgehead atoms. The number of ether oxygens (including phenoxy) is 3. The van der Waals surface area contributed by atoms with Gasteiger partial charge in [-0.05, 0) is 38.5 Å². The molecule has 6 nitrogen and oxygen atoms in total. The summed E-state index contributed by atoms with van der Waals surface area (Å²) in [5, 5.41) is 0. The predicted molar refractivity (Wildman–Crippen MR) is 289 cm³/mol. The van der Waals surface area contributed by atoms with Crippen molar-refractivity contribution in [3.63, 3.8) is 0 Å². The van der Waals surface area contributed by atoms with Gasteiger partial charge in [0.05, 0.1) is 0 Å². The van der Waals surface area contributed by atoms with E-state index >= 15 is 0 Å². The largest absolute Gasteiger partial charge is 0.462 e. The Hall–Kier alpha value is -1.85. The van der Waals surface area contributed by atoms with Crippen molar-refractivity contribution in [1.82, 2.24) is 0 Å². The van der Waals surface area contributed by atoms with Gasteiger partial charge >= 0.3 is 17.9 Å². The Morgan fingerprint density at radius 2 is 0.507 bits per heavy atom. The van der Waals surface area contributed by atoms with Gasteiger partial charge in [0, 0.05) is 19.3 Å². The third-order valence-electron chi connectivity index (χ3n) is 13.8. The van der Waals surface area contributed by atoms with Gasteiger partial charge in [0.1, 0.15) is 13.2 Å². The van der Waals surface area contributed by atoms with Gasteiger partial charge in [-0.15, -0.1) is 0 Å². The highest BCUT2D eigenvalue weighted by atomic mass is 16.6. The fourth-order valence-electron chi connectivity index (χ4n) is 9.19. The van der Waals surface area contributed by atoms with Gasteiger partial charge in [-0.25, -0.2) is 0 Å². The molecule has 0 aliphatic heterocycles. The molecule has 0 saturated heterocycles. The van der Waals surface area contributed by atoms with Crippen molar-refractivity contribution in [1.29, 1.82) is 0 Å².